The highest BCUT2D eigenvalue weighted by molar-refractivity contribution is 7.85. The zero-order valence-corrected chi connectivity index (χ0v) is 9.36. The maximum Gasteiger partial charge on any atom is 0.294 e. The Kier molecular flexibility index (Phi) is 3.63. The summed E-state index contributed by atoms with van der Waals surface area (Å²) in [7, 11) is -4.26. The van der Waals surface area contributed by atoms with E-state index < -0.39 is 22.1 Å². The standard InChI is InChI=1S/C9H12N2O4S/c1-6(10)9(12)11-7-3-2-4-8(5-7)16(13,14)15/h2-6H,10H2,1H3,(H,11,12)(H,13,14,15). The highest BCUT2D eigenvalue weighted by Crippen LogP contribution is 2.15. The van der Waals surface area contributed by atoms with E-state index in [-0.39, 0.29) is 10.6 Å². The number of amides is 1. The van der Waals surface area contributed by atoms with Crippen LogP contribution < -0.4 is 11.1 Å². The van der Waals surface area contributed by atoms with Crippen molar-refractivity contribution in [1.29, 1.82) is 0 Å². The first-order valence-electron chi connectivity index (χ1n) is 4.44. The van der Waals surface area contributed by atoms with Crippen LogP contribution in [0.25, 0.3) is 0 Å². The van der Waals surface area contributed by atoms with Gasteiger partial charge in [-0.25, -0.2) is 0 Å². The molecular formula is C9H12N2O4S. The average molecular weight is 244 g/mol. The minimum atomic E-state index is -4.26. The Labute approximate surface area is 93.2 Å². The second kappa shape index (κ2) is 4.60. The number of carbonyl (C=O) groups excluding carboxylic acids is 1. The van der Waals surface area contributed by atoms with E-state index in [9.17, 15) is 13.2 Å². The number of anilines is 1. The summed E-state index contributed by atoms with van der Waals surface area (Å²) >= 11 is 0. The van der Waals surface area contributed by atoms with Crippen LogP contribution in [0.4, 0.5) is 5.69 Å². The van der Waals surface area contributed by atoms with Crippen LogP contribution in [0.5, 0.6) is 0 Å². The molecule has 0 aliphatic rings. The number of hydrogen-bond acceptors (Lipinski definition) is 4. The molecule has 1 rings (SSSR count). The predicted octanol–water partition coefficient (Wildman–Crippen LogP) is 0.219. The average Bonchev–Trinajstić information content (AvgIpc) is 2.16. The molecular weight excluding hydrogens is 232 g/mol. The van der Waals surface area contributed by atoms with Gasteiger partial charge in [0.05, 0.1) is 10.9 Å². The molecule has 4 N–H and O–H groups in total. The molecule has 0 radical (unpaired) electrons. The summed E-state index contributed by atoms with van der Waals surface area (Å²) in [5, 5.41) is 2.41. The summed E-state index contributed by atoms with van der Waals surface area (Å²) in [5.74, 6) is -0.438. The fraction of sp³-hybridized carbons (Fsp3) is 0.222. The SMILES string of the molecule is CC(N)C(=O)Nc1cccc(S(=O)(=O)O)c1. The third kappa shape index (κ3) is 3.30. The molecule has 0 aromatic heterocycles. The van der Waals surface area contributed by atoms with Crippen LogP contribution in [-0.4, -0.2) is 24.9 Å². The molecule has 1 atom stereocenters. The summed E-state index contributed by atoms with van der Waals surface area (Å²) in [6.07, 6.45) is 0. The van der Waals surface area contributed by atoms with Crippen LogP contribution in [0, 0.1) is 0 Å². The van der Waals surface area contributed by atoms with Gasteiger partial charge in [0, 0.05) is 5.69 Å². The van der Waals surface area contributed by atoms with Gasteiger partial charge in [0.2, 0.25) is 5.91 Å². The van der Waals surface area contributed by atoms with Gasteiger partial charge >= 0.3 is 0 Å². The zero-order chi connectivity index (χ0) is 12.3. The Balaban J connectivity index is 2.96. The summed E-state index contributed by atoms with van der Waals surface area (Å²) < 4.78 is 30.4. The predicted molar refractivity (Wildman–Crippen MR) is 58.5 cm³/mol. The quantitative estimate of drug-likeness (QED) is 0.659. The van der Waals surface area contributed by atoms with Crippen LogP contribution >= 0.6 is 0 Å². The molecule has 0 aliphatic carbocycles. The smallest absolute Gasteiger partial charge is 0.294 e. The molecule has 0 aliphatic heterocycles. The van der Waals surface area contributed by atoms with Crippen LogP contribution in [-0.2, 0) is 14.9 Å². The van der Waals surface area contributed by atoms with Gasteiger partial charge in [0.25, 0.3) is 10.1 Å². The van der Waals surface area contributed by atoms with Gasteiger partial charge in [-0.15, -0.1) is 0 Å². The van der Waals surface area contributed by atoms with Gasteiger partial charge in [0.15, 0.2) is 0 Å². The zero-order valence-electron chi connectivity index (χ0n) is 8.54. The third-order valence-electron chi connectivity index (χ3n) is 1.81. The van der Waals surface area contributed by atoms with Gasteiger partial charge in [-0.2, -0.15) is 8.42 Å². The van der Waals surface area contributed by atoms with E-state index in [0.29, 0.717) is 0 Å². The lowest BCUT2D eigenvalue weighted by atomic mass is 10.3. The van der Waals surface area contributed by atoms with E-state index in [0.717, 1.165) is 6.07 Å². The molecule has 1 aromatic carbocycles. The van der Waals surface area contributed by atoms with E-state index in [4.69, 9.17) is 10.3 Å². The van der Waals surface area contributed by atoms with Crippen molar-refractivity contribution in [1.82, 2.24) is 0 Å². The Bertz CT molecular complexity index is 496. The maximum absolute atomic E-state index is 11.2. The number of benzene rings is 1. The summed E-state index contributed by atoms with van der Waals surface area (Å²) in [4.78, 5) is 10.9. The number of nitrogens with one attached hydrogen (secondary N) is 1. The van der Waals surface area contributed by atoms with Gasteiger partial charge in [-0.1, -0.05) is 6.07 Å². The minimum Gasteiger partial charge on any atom is -0.325 e. The Morgan fingerprint density at radius 3 is 2.62 bits per heavy atom. The Morgan fingerprint density at radius 1 is 1.50 bits per heavy atom. The van der Waals surface area contributed by atoms with E-state index >= 15 is 0 Å². The molecule has 1 unspecified atom stereocenters. The third-order valence-corrected chi connectivity index (χ3v) is 2.66. The molecule has 0 spiro atoms. The van der Waals surface area contributed by atoms with Crippen LogP contribution in [0.2, 0.25) is 0 Å². The molecule has 0 fully saturated rings. The monoisotopic (exact) mass is 244 g/mol. The second-order valence-corrected chi connectivity index (χ2v) is 4.70. The summed E-state index contributed by atoms with van der Waals surface area (Å²) in [6.45, 7) is 1.50. The van der Waals surface area contributed by atoms with Crippen LogP contribution in [0.15, 0.2) is 29.2 Å². The van der Waals surface area contributed by atoms with Crippen molar-refractivity contribution in [2.45, 2.75) is 17.9 Å². The first-order valence-corrected chi connectivity index (χ1v) is 5.88. The number of rotatable bonds is 3. The van der Waals surface area contributed by atoms with Crippen molar-refractivity contribution in [3.05, 3.63) is 24.3 Å². The Morgan fingerprint density at radius 2 is 2.12 bits per heavy atom. The van der Waals surface area contributed by atoms with Crippen LogP contribution in [0.3, 0.4) is 0 Å². The maximum atomic E-state index is 11.2. The van der Waals surface area contributed by atoms with Crippen molar-refractivity contribution in [2.75, 3.05) is 5.32 Å². The minimum absolute atomic E-state index is 0.262. The van der Waals surface area contributed by atoms with Gasteiger partial charge < -0.3 is 11.1 Å². The largest absolute Gasteiger partial charge is 0.325 e. The lowest BCUT2D eigenvalue weighted by molar-refractivity contribution is -0.117. The Hall–Kier alpha value is -1.44. The molecule has 0 saturated carbocycles. The molecule has 16 heavy (non-hydrogen) atoms. The molecule has 0 heterocycles. The summed E-state index contributed by atoms with van der Waals surface area (Å²) in [6, 6.07) is 4.57. The van der Waals surface area contributed by atoms with Gasteiger partial charge in [-0.3, -0.25) is 9.35 Å². The molecule has 88 valence electrons. The highest BCUT2D eigenvalue weighted by atomic mass is 32.2. The molecule has 0 bridgehead atoms. The lowest BCUT2D eigenvalue weighted by Crippen LogP contribution is -2.32. The highest BCUT2D eigenvalue weighted by Gasteiger charge is 2.12. The van der Waals surface area contributed by atoms with E-state index in [1.165, 1.54) is 25.1 Å². The normalized spacial score (nSPS) is 13.2. The van der Waals surface area contributed by atoms with E-state index in [1.54, 1.807) is 0 Å². The number of nitrogens with two attached hydrogens (primary N) is 1. The van der Waals surface area contributed by atoms with Crippen molar-refractivity contribution in [3.63, 3.8) is 0 Å². The first-order chi connectivity index (χ1) is 7.30. The first kappa shape index (κ1) is 12.6. The lowest BCUT2D eigenvalue weighted by Gasteiger charge is -2.08. The van der Waals surface area contributed by atoms with Gasteiger partial charge in [0.1, 0.15) is 0 Å². The van der Waals surface area contributed by atoms with Crippen molar-refractivity contribution < 1.29 is 17.8 Å². The molecule has 0 saturated heterocycles. The topological polar surface area (TPSA) is 109 Å². The van der Waals surface area contributed by atoms with Crippen molar-refractivity contribution in [2.24, 2.45) is 5.73 Å². The fourth-order valence-corrected chi connectivity index (χ4v) is 1.52. The molecule has 1 aromatic rings. The van der Waals surface area contributed by atoms with Crippen molar-refractivity contribution >= 4 is 21.7 Å². The van der Waals surface area contributed by atoms with Crippen molar-refractivity contribution in [3.8, 4) is 0 Å². The summed E-state index contributed by atoms with van der Waals surface area (Å²) in [5.41, 5.74) is 5.59. The molecule has 6 nitrogen and oxygen atoms in total. The molecule has 7 heteroatoms. The van der Waals surface area contributed by atoms with Gasteiger partial charge in [-0.05, 0) is 25.1 Å². The van der Waals surface area contributed by atoms with Crippen LogP contribution in [0.1, 0.15) is 6.92 Å². The molecule has 1 amide bonds. The number of carbonyl (C=O) groups is 1. The van der Waals surface area contributed by atoms with E-state index in [2.05, 4.69) is 5.32 Å². The fourth-order valence-electron chi connectivity index (χ4n) is 0.990. The number of hydrogen-bond donors (Lipinski definition) is 3. The second-order valence-electron chi connectivity index (χ2n) is 3.28. The van der Waals surface area contributed by atoms with E-state index in [1.807, 2.05) is 0 Å².